The molecule has 15 heavy (non-hydrogen) atoms. The highest BCUT2D eigenvalue weighted by Gasteiger charge is 2.24. The van der Waals surface area contributed by atoms with Gasteiger partial charge in [0.1, 0.15) is 0 Å². The highest BCUT2D eigenvalue weighted by atomic mass is 16.2. The van der Waals surface area contributed by atoms with E-state index in [1.54, 1.807) is 0 Å². The predicted molar refractivity (Wildman–Crippen MR) is 64.5 cm³/mol. The van der Waals surface area contributed by atoms with Gasteiger partial charge in [0.15, 0.2) is 0 Å². The third-order valence-corrected chi connectivity index (χ3v) is 2.47. The Labute approximate surface area is 94.0 Å². The van der Waals surface area contributed by atoms with Gasteiger partial charge in [-0.2, -0.15) is 0 Å². The first-order valence-electron chi connectivity index (χ1n) is 5.83. The van der Waals surface area contributed by atoms with E-state index in [0.717, 1.165) is 19.5 Å². The lowest BCUT2D eigenvalue weighted by atomic mass is 9.92. The minimum atomic E-state index is 0.0136. The van der Waals surface area contributed by atoms with Gasteiger partial charge >= 0.3 is 0 Å². The minimum Gasteiger partial charge on any atom is -0.342 e. The molecule has 0 aromatic rings. The second-order valence-corrected chi connectivity index (χ2v) is 5.28. The zero-order valence-corrected chi connectivity index (χ0v) is 10.8. The van der Waals surface area contributed by atoms with E-state index >= 15 is 0 Å². The lowest BCUT2D eigenvalue weighted by Gasteiger charge is -2.32. The van der Waals surface area contributed by atoms with Crippen molar-refractivity contribution in [3.8, 4) is 0 Å². The third kappa shape index (κ3) is 5.17. The molecule has 0 fully saturated rings. The number of amides is 1. The summed E-state index contributed by atoms with van der Waals surface area (Å²) in [6.07, 6.45) is 0.999. The van der Waals surface area contributed by atoms with Crippen molar-refractivity contribution < 1.29 is 4.79 Å². The van der Waals surface area contributed by atoms with E-state index in [1.807, 2.05) is 18.7 Å². The van der Waals surface area contributed by atoms with Gasteiger partial charge in [-0.15, -0.1) is 0 Å². The van der Waals surface area contributed by atoms with Crippen molar-refractivity contribution in [3.63, 3.8) is 0 Å². The smallest absolute Gasteiger partial charge is 0.225 e. The quantitative estimate of drug-likeness (QED) is 0.733. The van der Waals surface area contributed by atoms with E-state index in [9.17, 15) is 4.79 Å². The molecule has 0 aliphatic rings. The number of hydrogen-bond acceptors (Lipinski definition) is 2. The summed E-state index contributed by atoms with van der Waals surface area (Å²) in [5.41, 5.74) is 5.70. The van der Waals surface area contributed by atoms with Gasteiger partial charge in [-0.1, -0.05) is 34.6 Å². The van der Waals surface area contributed by atoms with E-state index in [4.69, 9.17) is 5.73 Å². The fraction of sp³-hybridized carbons (Fsp3) is 0.917. The average molecular weight is 214 g/mol. The highest BCUT2D eigenvalue weighted by molar-refractivity contribution is 5.78. The van der Waals surface area contributed by atoms with Crippen LogP contribution in [0.15, 0.2) is 0 Å². The first kappa shape index (κ1) is 14.4. The molecule has 0 heterocycles. The van der Waals surface area contributed by atoms with Crippen molar-refractivity contribution in [1.29, 1.82) is 0 Å². The van der Waals surface area contributed by atoms with Crippen LogP contribution in [0, 0.1) is 11.3 Å². The van der Waals surface area contributed by atoms with Crippen LogP contribution in [-0.4, -0.2) is 30.4 Å². The van der Waals surface area contributed by atoms with Crippen LogP contribution in [0.2, 0.25) is 0 Å². The van der Waals surface area contributed by atoms with Gasteiger partial charge in [-0.05, 0) is 18.4 Å². The molecule has 0 rings (SSSR count). The molecule has 0 bridgehead atoms. The van der Waals surface area contributed by atoms with Crippen LogP contribution >= 0.6 is 0 Å². The van der Waals surface area contributed by atoms with Crippen molar-refractivity contribution in [2.24, 2.45) is 17.1 Å². The number of nitrogens with two attached hydrogens (primary N) is 1. The Morgan fingerprint density at radius 3 is 2.27 bits per heavy atom. The molecule has 0 spiro atoms. The second-order valence-electron chi connectivity index (χ2n) is 5.28. The van der Waals surface area contributed by atoms with E-state index in [2.05, 4.69) is 20.8 Å². The molecule has 0 aliphatic heterocycles. The van der Waals surface area contributed by atoms with E-state index < -0.39 is 0 Å². The Hall–Kier alpha value is -0.570. The van der Waals surface area contributed by atoms with E-state index in [1.165, 1.54) is 0 Å². The van der Waals surface area contributed by atoms with Crippen LogP contribution in [-0.2, 0) is 4.79 Å². The van der Waals surface area contributed by atoms with Crippen LogP contribution in [0.3, 0.4) is 0 Å². The molecule has 0 saturated carbocycles. The van der Waals surface area contributed by atoms with Crippen LogP contribution in [0.5, 0.6) is 0 Å². The normalized spacial score (nSPS) is 11.9. The van der Waals surface area contributed by atoms with Gasteiger partial charge < -0.3 is 10.6 Å². The highest BCUT2D eigenvalue weighted by Crippen LogP contribution is 2.16. The van der Waals surface area contributed by atoms with Gasteiger partial charge in [0, 0.05) is 19.0 Å². The Kier molecular flexibility index (Phi) is 5.88. The van der Waals surface area contributed by atoms with Crippen molar-refractivity contribution in [2.75, 3.05) is 19.6 Å². The zero-order valence-electron chi connectivity index (χ0n) is 10.8. The van der Waals surface area contributed by atoms with Crippen molar-refractivity contribution in [2.45, 2.75) is 41.0 Å². The van der Waals surface area contributed by atoms with Crippen LogP contribution in [0.4, 0.5) is 0 Å². The van der Waals surface area contributed by atoms with Crippen LogP contribution < -0.4 is 5.73 Å². The summed E-state index contributed by atoms with van der Waals surface area (Å²) in [6.45, 7) is 12.4. The van der Waals surface area contributed by atoms with E-state index in [-0.39, 0.29) is 17.2 Å². The molecule has 3 heteroatoms. The molecule has 90 valence electrons. The monoisotopic (exact) mass is 214 g/mol. The Morgan fingerprint density at radius 2 is 1.93 bits per heavy atom. The Balaban J connectivity index is 4.47. The van der Waals surface area contributed by atoms with Gasteiger partial charge in [-0.3, -0.25) is 4.79 Å². The van der Waals surface area contributed by atoms with E-state index in [0.29, 0.717) is 6.54 Å². The standard InChI is InChI=1S/C12H26N2O/c1-6-7-14(11(15)10(2)3)9-12(4,5)8-13/h10H,6-9,13H2,1-5H3. The topological polar surface area (TPSA) is 46.3 Å². The molecule has 2 N–H and O–H groups in total. The number of rotatable bonds is 6. The molecule has 3 nitrogen and oxygen atoms in total. The predicted octanol–water partition coefficient (Wildman–Crippen LogP) is 1.87. The molecule has 0 unspecified atom stereocenters. The summed E-state index contributed by atoms with van der Waals surface area (Å²) in [4.78, 5) is 13.9. The van der Waals surface area contributed by atoms with Gasteiger partial charge in [0.25, 0.3) is 0 Å². The van der Waals surface area contributed by atoms with Crippen molar-refractivity contribution in [3.05, 3.63) is 0 Å². The van der Waals surface area contributed by atoms with Crippen molar-refractivity contribution in [1.82, 2.24) is 4.90 Å². The Bertz CT molecular complexity index is 200. The number of carbonyl (C=O) groups excluding carboxylic acids is 1. The molecular weight excluding hydrogens is 188 g/mol. The summed E-state index contributed by atoms with van der Waals surface area (Å²) in [6, 6.07) is 0. The molecular formula is C12H26N2O. The maximum absolute atomic E-state index is 11.9. The van der Waals surface area contributed by atoms with Crippen LogP contribution in [0.1, 0.15) is 41.0 Å². The maximum Gasteiger partial charge on any atom is 0.225 e. The van der Waals surface area contributed by atoms with Crippen LogP contribution in [0.25, 0.3) is 0 Å². The fourth-order valence-corrected chi connectivity index (χ4v) is 1.48. The summed E-state index contributed by atoms with van der Waals surface area (Å²) in [7, 11) is 0. The molecule has 1 amide bonds. The number of nitrogens with zero attached hydrogens (tertiary/aromatic N) is 1. The summed E-state index contributed by atoms with van der Waals surface area (Å²) >= 11 is 0. The van der Waals surface area contributed by atoms with Crippen molar-refractivity contribution >= 4 is 5.91 Å². The molecule has 0 aliphatic carbocycles. The van der Waals surface area contributed by atoms with Gasteiger partial charge in [0.2, 0.25) is 5.91 Å². The number of carbonyl (C=O) groups is 1. The second kappa shape index (κ2) is 6.11. The van der Waals surface area contributed by atoms with Gasteiger partial charge in [-0.25, -0.2) is 0 Å². The lowest BCUT2D eigenvalue weighted by Crippen LogP contribution is -2.43. The zero-order chi connectivity index (χ0) is 12.1. The number of hydrogen-bond donors (Lipinski definition) is 1. The summed E-state index contributed by atoms with van der Waals surface area (Å²) in [5.74, 6) is 0.309. The molecule has 0 aromatic carbocycles. The fourth-order valence-electron chi connectivity index (χ4n) is 1.48. The molecule has 0 aromatic heterocycles. The molecule has 0 radical (unpaired) electrons. The van der Waals surface area contributed by atoms with Gasteiger partial charge in [0.05, 0.1) is 0 Å². The maximum atomic E-state index is 11.9. The lowest BCUT2D eigenvalue weighted by molar-refractivity contribution is -0.135. The minimum absolute atomic E-state index is 0.0136. The first-order chi connectivity index (χ1) is 6.84. The first-order valence-corrected chi connectivity index (χ1v) is 5.83. The Morgan fingerprint density at radius 1 is 1.40 bits per heavy atom. The molecule has 0 atom stereocenters. The third-order valence-electron chi connectivity index (χ3n) is 2.47. The summed E-state index contributed by atoms with van der Waals surface area (Å²) in [5, 5.41) is 0. The largest absolute Gasteiger partial charge is 0.342 e. The molecule has 0 saturated heterocycles. The summed E-state index contributed by atoms with van der Waals surface area (Å²) < 4.78 is 0. The SMILES string of the molecule is CCCN(CC(C)(C)CN)C(=O)C(C)C. The average Bonchev–Trinajstić information content (AvgIpc) is 2.15.